The number of likely N-dealkylation sites (N-methyl/N-ethyl adjacent to an activating group) is 1. The Balaban J connectivity index is 1.70. The molecule has 25 heavy (non-hydrogen) atoms. The second kappa shape index (κ2) is 8.00. The number of nitrogens with zero attached hydrogens (tertiary/aromatic N) is 1. The average Bonchev–Trinajstić information content (AvgIpc) is 2.66. The first-order valence-electron chi connectivity index (χ1n) is 8.63. The van der Waals surface area contributed by atoms with Gasteiger partial charge in [-0.05, 0) is 59.6 Å². The Morgan fingerprint density at radius 3 is 2.44 bits per heavy atom. The molecule has 0 N–H and O–H groups in total. The highest BCUT2D eigenvalue weighted by molar-refractivity contribution is 5.87. The molecule has 0 heterocycles. The molecule has 2 nitrogen and oxygen atoms in total. The predicted molar refractivity (Wildman–Crippen MR) is 107 cm³/mol. The van der Waals surface area contributed by atoms with E-state index in [4.69, 9.17) is 4.74 Å². The van der Waals surface area contributed by atoms with E-state index < -0.39 is 0 Å². The maximum absolute atomic E-state index is 5.30. The normalized spacial score (nSPS) is 11.9. The van der Waals surface area contributed by atoms with Crippen LogP contribution in [-0.4, -0.2) is 25.6 Å². The van der Waals surface area contributed by atoms with Gasteiger partial charge >= 0.3 is 0 Å². The van der Waals surface area contributed by atoms with Gasteiger partial charge < -0.3 is 4.74 Å². The van der Waals surface area contributed by atoms with E-state index in [0.29, 0.717) is 0 Å². The molecule has 0 aliphatic heterocycles. The Morgan fingerprint density at radius 1 is 0.960 bits per heavy atom. The molecule has 0 bridgehead atoms. The summed E-state index contributed by atoms with van der Waals surface area (Å²) < 4.78 is 5.30. The second-order valence-electron chi connectivity index (χ2n) is 6.50. The lowest BCUT2D eigenvalue weighted by Gasteiger charge is -2.15. The smallest absolute Gasteiger partial charge is 0.119 e. The quantitative estimate of drug-likeness (QED) is 0.601. The van der Waals surface area contributed by atoms with Gasteiger partial charge in [-0.3, -0.25) is 4.90 Å². The van der Waals surface area contributed by atoms with E-state index in [1.807, 2.05) is 6.07 Å². The van der Waals surface area contributed by atoms with Crippen LogP contribution in [0.3, 0.4) is 0 Å². The van der Waals surface area contributed by atoms with E-state index in [0.717, 1.165) is 18.8 Å². The summed E-state index contributed by atoms with van der Waals surface area (Å²) in [5, 5.41) is 2.45. The molecule has 0 aliphatic rings. The molecule has 3 aromatic rings. The maximum atomic E-state index is 5.30. The number of methoxy groups -OCH3 is 1. The Labute approximate surface area is 150 Å². The van der Waals surface area contributed by atoms with Gasteiger partial charge in [-0.15, -0.1) is 0 Å². The molecule has 2 heteroatoms. The van der Waals surface area contributed by atoms with Gasteiger partial charge in [-0.2, -0.15) is 0 Å². The molecule has 0 spiro atoms. The number of rotatable bonds is 6. The van der Waals surface area contributed by atoms with E-state index in [-0.39, 0.29) is 0 Å². The van der Waals surface area contributed by atoms with Crippen LogP contribution >= 0.6 is 0 Å². The van der Waals surface area contributed by atoms with Crippen LogP contribution in [0.1, 0.15) is 18.1 Å². The van der Waals surface area contributed by atoms with Gasteiger partial charge in [0.2, 0.25) is 0 Å². The van der Waals surface area contributed by atoms with Crippen LogP contribution in [0.5, 0.6) is 5.75 Å². The van der Waals surface area contributed by atoms with E-state index in [9.17, 15) is 0 Å². The summed E-state index contributed by atoms with van der Waals surface area (Å²) in [6.45, 7) is 4.07. The minimum absolute atomic E-state index is 0.898. The van der Waals surface area contributed by atoms with Crippen molar-refractivity contribution in [3.63, 3.8) is 0 Å². The fourth-order valence-corrected chi connectivity index (χ4v) is 2.97. The van der Waals surface area contributed by atoms with Crippen molar-refractivity contribution in [2.45, 2.75) is 13.5 Å². The molecular weight excluding hydrogens is 306 g/mol. The molecular formula is C23H25NO. The topological polar surface area (TPSA) is 12.5 Å². The maximum Gasteiger partial charge on any atom is 0.119 e. The van der Waals surface area contributed by atoms with Gasteiger partial charge in [0, 0.05) is 13.1 Å². The highest BCUT2D eigenvalue weighted by Crippen LogP contribution is 2.24. The van der Waals surface area contributed by atoms with Crippen molar-refractivity contribution in [1.29, 1.82) is 0 Å². The van der Waals surface area contributed by atoms with Crippen LogP contribution in [0.25, 0.3) is 16.3 Å². The molecule has 0 radical (unpaired) electrons. The SMILES string of the molecule is COc1ccc2cc(/C(C)=C/CN(C)Cc3ccccc3)ccc2c1. The van der Waals surface area contributed by atoms with Crippen LogP contribution in [0.15, 0.2) is 72.8 Å². The van der Waals surface area contributed by atoms with Crippen molar-refractivity contribution in [2.75, 3.05) is 20.7 Å². The Bertz CT molecular complexity index is 868. The lowest BCUT2D eigenvalue weighted by molar-refractivity contribution is 0.363. The third-order valence-electron chi connectivity index (χ3n) is 4.51. The van der Waals surface area contributed by atoms with Crippen molar-refractivity contribution in [3.8, 4) is 5.75 Å². The summed E-state index contributed by atoms with van der Waals surface area (Å²) in [5.74, 6) is 0.898. The van der Waals surface area contributed by atoms with E-state index in [1.165, 1.54) is 27.5 Å². The number of hydrogen-bond donors (Lipinski definition) is 0. The fourth-order valence-electron chi connectivity index (χ4n) is 2.97. The molecule has 0 amide bonds. The minimum Gasteiger partial charge on any atom is -0.497 e. The van der Waals surface area contributed by atoms with Crippen molar-refractivity contribution >= 4 is 16.3 Å². The summed E-state index contributed by atoms with van der Waals surface area (Å²) in [6, 6.07) is 23.4. The fraction of sp³-hybridized carbons (Fsp3) is 0.217. The van der Waals surface area contributed by atoms with E-state index in [2.05, 4.69) is 85.6 Å². The van der Waals surface area contributed by atoms with Gasteiger partial charge in [0.05, 0.1) is 7.11 Å². The molecule has 0 aliphatic carbocycles. The number of allylic oxidation sites excluding steroid dienone is 1. The monoisotopic (exact) mass is 331 g/mol. The summed E-state index contributed by atoms with van der Waals surface area (Å²) in [4.78, 5) is 2.32. The van der Waals surface area contributed by atoms with Gasteiger partial charge in [0.25, 0.3) is 0 Å². The summed E-state index contributed by atoms with van der Waals surface area (Å²) in [6.07, 6.45) is 2.30. The zero-order valence-corrected chi connectivity index (χ0v) is 15.2. The third kappa shape index (κ3) is 4.49. The lowest BCUT2D eigenvalue weighted by Crippen LogP contribution is -2.17. The van der Waals surface area contributed by atoms with Crippen LogP contribution in [-0.2, 0) is 6.54 Å². The lowest BCUT2D eigenvalue weighted by atomic mass is 10.0. The van der Waals surface area contributed by atoms with Crippen LogP contribution in [0.4, 0.5) is 0 Å². The standard InChI is InChI=1S/C23H25NO/c1-18(13-14-24(2)17-19-7-5-4-6-8-19)20-9-10-22-16-23(25-3)12-11-21(22)15-20/h4-13,15-16H,14,17H2,1-3H3/b18-13+. The molecule has 3 aromatic carbocycles. The van der Waals surface area contributed by atoms with Gasteiger partial charge in [-0.25, -0.2) is 0 Å². The molecule has 0 unspecified atom stereocenters. The van der Waals surface area contributed by atoms with Crippen molar-refractivity contribution < 1.29 is 4.74 Å². The molecule has 0 saturated carbocycles. The van der Waals surface area contributed by atoms with Gasteiger partial charge in [-0.1, -0.05) is 54.6 Å². The molecule has 3 rings (SSSR count). The highest BCUT2D eigenvalue weighted by Gasteiger charge is 2.02. The van der Waals surface area contributed by atoms with Gasteiger partial charge in [0.1, 0.15) is 5.75 Å². The first-order chi connectivity index (χ1) is 12.2. The summed E-state index contributed by atoms with van der Waals surface area (Å²) in [7, 11) is 3.86. The molecule has 0 aromatic heterocycles. The Kier molecular flexibility index (Phi) is 5.52. The van der Waals surface area contributed by atoms with Gasteiger partial charge in [0.15, 0.2) is 0 Å². The number of ether oxygens (including phenoxy) is 1. The third-order valence-corrected chi connectivity index (χ3v) is 4.51. The predicted octanol–water partition coefficient (Wildman–Crippen LogP) is 5.38. The first kappa shape index (κ1) is 17.2. The molecule has 128 valence electrons. The molecule has 0 atom stereocenters. The van der Waals surface area contributed by atoms with Crippen molar-refractivity contribution in [1.82, 2.24) is 4.90 Å². The van der Waals surface area contributed by atoms with E-state index >= 15 is 0 Å². The number of hydrogen-bond acceptors (Lipinski definition) is 2. The van der Waals surface area contributed by atoms with Crippen LogP contribution in [0, 0.1) is 0 Å². The first-order valence-corrected chi connectivity index (χ1v) is 8.63. The van der Waals surface area contributed by atoms with E-state index in [1.54, 1.807) is 7.11 Å². The van der Waals surface area contributed by atoms with Crippen LogP contribution < -0.4 is 4.74 Å². The number of fused-ring (bicyclic) bond motifs is 1. The Morgan fingerprint density at radius 2 is 1.68 bits per heavy atom. The zero-order valence-electron chi connectivity index (χ0n) is 15.2. The van der Waals surface area contributed by atoms with Crippen molar-refractivity contribution in [3.05, 3.63) is 83.9 Å². The number of benzene rings is 3. The van der Waals surface area contributed by atoms with Crippen LogP contribution in [0.2, 0.25) is 0 Å². The molecule has 0 fully saturated rings. The highest BCUT2D eigenvalue weighted by atomic mass is 16.5. The molecule has 0 saturated heterocycles. The largest absolute Gasteiger partial charge is 0.497 e. The minimum atomic E-state index is 0.898. The summed E-state index contributed by atoms with van der Waals surface area (Å²) in [5.41, 5.74) is 3.92. The average molecular weight is 331 g/mol. The summed E-state index contributed by atoms with van der Waals surface area (Å²) >= 11 is 0. The second-order valence-corrected chi connectivity index (χ2v) is 6.50. The van der Waals surface area contributed by atoms with Crippen molar-refractivity contribution in [2.24, 2.45) is 0 Å². The zero-order chi connectivity index (χ0) is 17.6. The Hall–Kier alpha value is -2.58.